The minimum Gasteiger partial charge on any atom is -0.0826 e. The maximum absolute atomic E-state index is 6.23. The number of halogens is 3. The predicted molar refractivity (Wildman–Crippen MR) is 100 cm³/mol. The Labute approximate surface area is 146 Å². The second-order valence-electron chi connectivity index (χ2n) is 4.73. The van der Waals surface area contributed by atoms with Gasteiger partial charge in [-0.1, -0.05) is 95.5 Å². The predicted octanol–water partition coefficient (Wildman–Crippen LogP) is 5.41. The molecule has 0 saturated heterocycles. The van der Waals surface area contributed by atoms with Gasteiger partial charge in [0.1, 0.15) is 0 Å². The third kappa shape index (κ3) is 3.31. The lowest BCUT2D eigenvalue weighted by Gasteiger charge is -2.20. The molecule has 4 heteroatoms. The van der Waals surface area contributed by atoms with Gasteiger partial charge in [0.15, 0.2) is 0 Å². The molecule has 0 nitrogen and oxygen atoms in total. The molecule has 0 amide bonds. The molecule has 0 N–H and O–H groups in total. The van der Waals surface area contributed by atoms with Gasteiger partial charge in [-0.2, -0.15) is 0 Å². The zero-order valence-electron chi connectivity index (χ0n) is 11.5. The monoisotopic (exact) mass is 364 g/mol. The highest BCUT2D eigenvalue weighted by Crippen LogP contribution is 2.37. The summed E-state index contributed by atoms with van der Waals surface area (Å²) in [5, 5.41) is 4.97. The van der Waals surface area contributed by atoms with E-state index in [2.05, 4.69) is 24.3 Å². The number of rotatable bonds is 3. The topological polar surface area (TPSA) is 0 Å². The van der Waals surface area contributed by atoms with Crippen molar-refractivity contribution in [1.82, 2.24) is 0 Å². The summed E-state index contributed by atoms with van der Waals surface area (Å²) in [5.41, 5.74) is 0. The highest BCUT2D eigenvalue weighted by atomic mass is 35.5. The molecular formula is C18H12Cl3P. The smallest absolute Gasteiger partial charge is 0.0778 e. The molecule has 0 unspecified atom stereocenters. The summed E-state index contributed by atoms with van der Waals surface area (Å²) in [5.74, 6) is 0. The molecule has 0 atom stereocenters. The Bertz CT molecular complexity index is 710. The highest BCUT2D eigenvalue weighted by Gasteiger charge is 2.18. The highest BCUT2D eigenvalue weighted by molar-refractivity contribution is 7.79. The molecule has 0 aliphatic rings. The van der Waals surface area contributed by atoms with Crippen LogP contribution in [0.4, 0.5) is 0 Å². The molecule has 3 aromatic rings. The van der Waals surface area contributed by atoms with Crippen molar-refractivity contribution < 1.29 is 0 Å². The molecule has 0 radical (unpaired) electrons. The second-order valence-corrected chi connectivity index (χ2v) is 8.14. The lowest BCUT2D eigenvalue weighted by Crippen LogP contribution is -2.20. The average Bonchev–Trinajstić information content (AvgIpc) is 2.55. The summed E-state index contributed by atoms with van der Waals surface area (Å²) in [6, 6.07) is 24.6. The van der Waals surface area contributed by atoms with Crippen molar-refractivity contribution in [2.45, 2.75) is 0 Å². The van der Waals surface area contributed by atoms with Crippen molar-refractivity contribution in [3.05, 3.63) is 87.9 Å². The quantitative estimate of drug-likeness (QED) is 0.430. The van der Waals surface area contributed by atoms with Crippen LogP contribution in [0.3, 0.4) is 0 Å². The van der Waals surface area contributed by atoms with Crippen LogP contribution in [-0.2, 0) is 0 Å². The number of hydrogen-bond donors (Lipinski definition) is 0. The van der Waals surface area contributed by atoms with E-state index in [9.17, 15) is 0 Å². The van der Waals surface area contributed by atoms with Gasteiger partial charge in [-0.15, -0.1) is 0 Å². The van der Waals surface area contributed by atoms with Gasteiger partial charge in [0.05, 0.1) is 15.1 Å². The van der Waals surface area contributed by atoms with Crippen LogP contribution in [0.5, 0.6) is 0 Å². The fourth-order valence-electron chi connectivity index (χ4n) is 2.27. The second kappa shape index (κ2) is 7.02. The molecule has 0 aliphatic carbocycles. The van der Waals surface area contributed by atoms with Gasteiger partial charge in [-0.05, 0) is 36.0 Å². The van der Waals surface area contributed by atoms with Crippen molar-refractivity contribution >= 4 is 58.6 Å². The molecular weight excluding hydrogens is 354 g/mol. The Balaban J connectivity index is 2.19. The van der Waals surface area contributed by atoms with E-state index in [1.807, 2.05) is 48.5 Å². The Kier molecular flexibility index (Phi) is 5.06. The van der Waals surface area contributed by atoms with Gasteiger partial charge in [0, 0.05) is 0 Å². The Morgan fingerprint density at radius 2 is 0.955 bits per heavy atom. The SMILES string of the molecule is Clc1cc(P(c2ccccc2)c2ccccc2)cc(Cl)c1Cl. The van der Waals surface area contributed by atoms with Crippen LogP contribution in [0.2, 0.25) is 15.1 Å². The van der Waals surface area contributed by atoms with Gasteiger partial charge >= 0.3 is 0 Å². The van der Waals surface area contributed by atoms with Gasteiger partial charge in [-0.25, -0.2) is 0 Å². The maximum atomic E-state index is 6.23. The van der Waals surface area contributed by atoms with E-state index in [1.165, 1.54) is 10.6 Å². The van der Waals surface area contributed by atoms with E-state index < -0.39 is 7.92 Å². The summed E-state index contributed by atoms with van der Waals surface area (Å²) < 4.78 is 0. The first-order chi connectivity index (χ1) is 10.7. The van der Waals surface area contributed by atoms with Gasteiger partial charge in [0.2, 0.25) is 0 Å². The van der Waals surface area contributed by atoms with Crippen LogP contribution in [0.1, 0.15) is 0 Å². The van der Waals surface area contributed by atoms with Crippen molar-refractivity contribution in [3.63, 3.8) is 0 Å². The summed E-state index contributed by atoms with van der Waals surface area (Å²) in [6.45, 7) is 0. The van der Waals surface area contributed by atoms with Crippen molar-refractivity contribution in [2.75, 3.05) is 0 Å². The Morgan fingerprint density at radius 3 is 1.36 bits per heavy atom. The van der Waals surface area contributed by atoms with Crippen molar-refractivity contribution in [1.29, 1.82) is 0 Å². The lowest BCUT2D eigenvalue weighted by atomic mass is 10.3. The molecule has 3 aromatic carbocycles. The number of hydrogen-bond acceptors (Lipinski definition) is 0. The minimum absolute atomic E-state index is 0.406. The van der Waals surface area contributed by atoms with Crippen LogP contribution >= 0.6 is 42.7 Å². The molecule has 0 fully saturated rings. The average molecular weight is 366 g/mol. The molecule has 0 aliphatic heterocycles. The molecule has 0 spiro atoms. The third-order valence-electron chi connectivity index (χ3n) is 3.26. The maximum Gasteiger partial charge on any atom is 0.0778 e. The molecule has 0 aromatic heterocycles. The molecule has 0 saturated carbocycles. The van der Waals surface area contributed by atoms with Crippen LogP contribution in [0.25, 0.3) is 0 Å². The van der Waals surface area contributed by atoms with Crippen molar-refractivity contribution in [3.8, 4) is 0 Å². The molecule has 22 heavy (non-hydrogen) atoms. The third-order valence-corrected chi connectivity index (χ3v) is 6.86. The molecule has 0 heterocycles. The molecule has 3 rings (SSSR count). The fourth-order valence-corrected chi connectivity index (χ4v) is 5.37. The number of benzene rings is 3. The van der Waals surface area contributed by atoms with E-state index in [0.717, 1.165) is 5.30 Å². The summed E-state index contributed by atoms with van der Waals surface area (Å²) in [7, 11) is -0.718. The van der Waals surface area contributed by atoms with E-state index in [0.29, 0.717) is 15.1 Å². The molecule has 0 bridgehead atoms. The first kappa shape index (κ1) is 15.8. The summed E-state index contributed by atoms with van der Waals surface area (Å²) in [4.78, 5) is 0. The van der Waals surface area contributed by atoms with Crippen molar-refractivity contribution in [2.24, 2.45) is 0 Å². The van der Waals surface area contributed by atoms with E-state index in [-0.39, 0.29) is 0 Å². The minimum atomic E-state index is -0.718. The zero-order chi connectivity index (χ0) is 15.5. The lowest BCUT2D eigenvalue weighted by molar-refractivity contribution is 1.73. The van der Waals surface area contributed by atoms with Crippen LogP contribution in [0.15, 0.2) is 72.8 Å². The van der Waals surface area contributed by atoms with Gasteiger partial charge in [-0.3, -0.25) is 0 Å². The summed E-state index contributed by atoms with van der Waals surface area (Å²) >= 11 is 18.6. The normalized spacial score (nSPS) is 10.9. The van der Waals surface area contributed by atoms with Crippen LogP contribution in [-0.4, -0.2) is 0 Å². The molecule has 110 valence electrons. The first-order valence-corrected chi connectivity index (χ1v) is 9.19. The standard InChI is InChI=1S/C18H12Cl3P/c19-16-11-15(12-17(20)18(16)21)22(13-7-3-1-4-8-13)14-9-5-2-6-10-14/h1-12H. The summed E-state index contributed by atoms with van der Waals surface area (Å²) in [6.07, 6.45) is 0. The Morgan fingerprint density at radius 1 is 0.545 bits per heavy atom. The Hall–Kier alpha value is -1.04. The van der Waals surface area contributed by atoms with Crippen LogP contribution in [0, 0.1) is 0 Å². The van der Waals surface area contributed by atoms with Crippen LogP contribution < -0.4 is 15.9 Å². The van der Waals surface area contributed by atoms with Gasteiger partial charge < -0.3 is 0 Å². The largest absolute Gasteiger partial charge is 0.0826 e. The first-order valence-electron chi connectivity index (χ1n) is 6.71. The fraction of sp³-hybridized carbons (Fsp3) is 0. The van der Waals surface area contributed by atoms with E-state index in [4.69, 9.17) is 34.8 Å². The van der Waals surface area contributed by atoms with Gasteiger partial charge in [0.25, 0.3) is 0 Å². The van der Waals surface area contributed by atoms with E-state index in [1.54, 1.807) is 0 Å². The zero-order valence-corrected chi connectivity index (χ0v) is 14.7. The van der Waals surface area contributed by atoms with E-state index >= 15 is 0 Å².